The van der Waals surface area contributed by atoms with Crippen LogP contribution in [0.4, 0.5) is 4.39 Å². The highest BCUT2D eigenvalue weighted by molar-refractivity contribution is 5.73. The lowest BCUT2D eigenvalue weighted by molar-refractivity contribution is -0.142. The summed E-state index contributed by atoms with van der Waals surface area (Å²) in [6.07, 6.45) is 0. The van der Waals surface area contributed by atoms with Crippen LogP contribution in [0.5, 0.6) is 0 Å². The fourth-order valence-corrected chi connectivity index (χ4v) is 1.98. The number of amides is 1. The molecule has 0 spiro atoms. The van der Waals surface area contributed by atoms with Gasteiger partial charge in [-0.15, -0.1) is 0 Å². The van der Waals surface area contributed by atoms with Gasteiger partial charge in [0, 0.05) is 32.1 Å². The molecule has 0 aliphatic carbocycles. The molecule has 116 valence electrons. The number of benzene rings is 1. The Morgan fingerprint density at radius 3 is 2.67 bits per heavy atom. The smallest absolute Gasteiger partial charge is 0.320 e. The second-order valence-corrected chi connectivity index (χ2v) is 5.06. The van der Waals surface area contributed by atoms with Crippen LogP contribution in [0.1, 0.15) is 25.0 Å². The first kappa shape index (κ1) is 17.1. The Hall–Kier alpha value is -1.95. The van der Waals surface area contributed by atoms with Crippen LogP contribution < -0.4 is 5.32 Å². The third-order valence-corrected chi connectivity index (χ3v) is 3.25. The molecule has 0 saturated carbocycles. The summed E-state index contributed by atoms with van der Waals surface area (Å²) in [6, 6.07) is 3.98. The number of aryl methyl sites for hydroxylation is 1. The summed E-state index contributed by atoms with van der Waals surface area (Å²) in [5, 5.41) is 11.8. The van der Waals surface area contributed by atoms with E-state index >= 15 is 0 Å². The molecular weight excluding hydrogens is 275 g/mol. The van der Waals surface area contributed by atoms with E-state index in [9.17, 15) is 14.0 Å². The lowest BCUT2D eigenvalue weighted by Crippen LogP contribution is -2.42. The zero-order valence-electron chi connectivity index (χ0n) is 12.5. The third-order valence-electron chi connectivity index (χ3n) is 3.25. The number of nitrogens with one attached hydrogen (secondary N) is 1. The molecule has 0 bridgehead atoms. The molecule has 21 heavy (non-hydrogen) atoms. The predicted molar refractivity (Wildman–Crippen MR) is 77.3 cm³/mol. The third kappa shape index (κ3) is 5.51. The number of nitrogens with zero attached hydrogens (tertiary/aromatic N) is 1. The summed E-state index contributed by atoms with van der Waals surface area (Å²) in [4.78, 5) is 23.7. The van der Waals surface area contributed by atoms with Gasteiger partial charge in [0.1, 0.15) is 11.9 Å². The summed E-state index contributed by atoms with van der Waals surface area (Å²) in [6.45, 7) is 5.63. The van der Waals surface area contributed by atoms with Gasteiger partial charge < -0.3 is 10.4 Å². The number of rotatable bonds is 7. The molecule has 2 N–H and O–H groups in total. The molecule has 1 atom stereocenters. The molecule has 0 aromatic heterocycles. The van der Waals surface area contributed by atoms with Crippen LogP contribution in [0.25, 0.3) is 0 Å². The fourth-order valence-electron chi connectivity index (χ4n) is 1.98. The van der Waals surface area contributed by atoms with Gasteiger partial charge in [0.05, 0.1) is 0 Å². The molecule has 1 unspecified atom stereocenters. The molecule has 1 aromatic rings. The van der Waals surface area contributed by atoms with Crippen molar-refractivity contribution in [3.63, 3.8) is 0 Å². The van der Waals surface area contributed by atoms with Gasteiger partial charge in [0.2, 0.25) is 5.91 Å². The van der Waals surface area contributed by atoms with Crippen LogP contribution >= 0.6 is 0 Å². The van der Waals surface area contributed by atoms with E-state index < -0.39 is 12.0 Å². The standard InChI is InChI=1S/C15H21FN2O3/c1-10-4-5-14(16)13(8-10)9-18(11(2)15(20)21)7-6-17-12(3)19/h4-5,8,11H,6-7,9H2,1-3H3,(H,17,19)(H,20,21). The van der Waals surface area contributed by atoms with Gasteiger partial charge in [0.25, 0.3) is 0 Å². The van der Waals surface area contributed by atoms with Crippen molar-refractivity contribution in [2.45, 2.75) is 33.4 Å². The number of carbonyl (C=O) groups is 2. The molecule has 1 amide bonds. The van der Waals surface area contributed by atoms with E-state index in [-0.39, 0.29) is 18.3 Å². The monoisotopic (exact) mass is 296 g/mol. The molecule has 0 radical (unpaired) electrons. The van der Waals surface area contributed by atoms with Crippen LogP contribution in [-0.4, -0.2) is 41.0 Å². The summed E-state index contributed by atoms with van der Waals surface area (Å²) in [5.41, 5.74) is 1.36. The van der Waals surface area contributed by atoms with Crippen LogP contribution in [-0.2, 0) is 16.1 Å². The average Bonchev–Trinajstić information content (AvgIpc) is 2.40. The number of hydrogen-bond acceptors (Lipinski definition) is 3. The number of halogens is 1. The lowest BCUT2D eigenvalue weighted by Gasteiger charge is -2.26. The second-order valence-electron chi connectivity index (χ2n) is 5.06. The van der Waals surface area contributed by atoms with Crippen molar-refractivity contribution in [3.8, 4) is 0 Å². The molecule has 0 heterocycles. The second kappa shape index (κ2) is 7.73. The Bertz CT molecular complexity index is 520. The highest BCUT2D eigenvalue weighted by Crippen LogP contribution is 2.14. The number of carboxylic acid groups (broad SMARTS) is 1. The summed E-state index contributed by atoms with van der Waals surface area (Å²) >= 11 is 0. The predicted octanol–water partition coefficient (Wildman–Crippen LogP) is 1.55. The fraction of sp³-hybridized carbons (Fsp3) is 0.467. The topological polar surface area (TPSA) is 69.6 Å². The van der Waals surface area contributed by atoms with E-state index in [1.165, 1.54) is 13.0 Å². The van der Waals surface area contributed by atoms with Crippen molar-refractivity contribution in [2.75, 3.05) is 13.1 Å². The highest BCUT2D eigenvalue weighted by atomic mass is 19.1. The van der Waals surface area contributed by atoms with E-state index in [4.69, 9.17) is 5.11 Å². The Morgan fingerprint density at radius 2 is 2.10 bits per heavy atom. The molecular formula is C15H21FN2O3. The zero-order chi connectivity index (χ0) is 16.0. The van der Waals surface area contributed by atoms with Crippen molar-refractivity contribution in [1.82, 2.24) is 10.2 Å². The van der Waals surface area contributed by atoms with Gasteiger partial charge in [-0.25, -0.2) is 4.39 Å². The summed E-state index contributed by atoms with van der Waals surface area (Å²) in [7, 11) is 0. The zero-order valence-corrected chi connectivity index (χ0v) is 12.5. The summed E-state index contributed by atoms with van der Waals surface area (Å²) < 4.78 is 13.8. The molecule has 6 heteroatoms. The first-order valence-corrected chi connectivity index (χ1v) is 6.77. The number of carbonyl (C=O) groups excluding carboxylic acids is 1. The minimum atomic E-state index is -0.981. The maximum absolute atomic E-state index is 13.8. The molecule has 0 fully saturated rings. The number of aliphatic carboxylic acids is 1. The van der Waals surface area contributed by atoms with Crippen LogP contribution in [0.2, 0.25) is 0 Å². The van der Waals surface area contributed by atoms with E-state index in [0.29, 0.717) is 18.7 Å². The maximum Gasteiger partial charge on any atom is 0.320 e. The normalized spacial score (nSPS) is 12.2. The van der Waals surface area contributed by atoms with E-state index in [0.717, 1.165) is 5.56 Å². The lowest BCUT2D eigenvalue weighted by atomic mass is 10.1. The van der Waals surface area contributed by atoms with Crippen molar-refractivity contribution in [3.05, 3.63) is 35.1 Å². The van der Waals surface area contributed by atoms with Crippen molar-refractivity contribution < 1.29 is 19.1 Å². The first-order chi connectivity index (χ1) is 9.81. The molecule has 0 aliphatic rings. The molecule has 5 nitrogen and oxygen atoms in total. The minimum Gasteiger partial charge on any atom is -0.480 e. The van der Waals surface area contributed by atoms with Crippen LogP contribution in [0.3, 0.4) is 0 Å². The van der Waals surface area contributed by atoms with E-state index in [1.807, 2.05) is 6.92 Å². The quantitative estimate of drug-likeness (QED) is 0.801. The van der Waals surface area contributed by atoms with Gasteiger partial charge >= 0.3 is 5.97 Å². The number of hydrogen-bond donors (Lipinski definition) is 2. The molecule has 0 saturated heterocycles. The van der Waals surface area contributed by atoms with Gasteiger partial charge in [-0.2, -0.15) is 0 Å². The first-order valence-electron chi connectivity index (χ1n) is 6.77. The molecule has 1 rings (SSSR count). The van der Waals surface area contributed by atoms with Crippen LogP contribution in [0.15, 0.2) is 18.2 Å². The van der Waals surface area contributed by atoms with Gasteiger partial charge in [0.15, 0.2) is 0 Å². The number of carboxylic acids is 1. The Balaban J connectivity index is 2.82. The van der Waals surface area contributed by atoms with Gasteiger partial charge in [-0.1, -0.05) is 17.7 Å². The molecule has 1 aromatic carbocycles. The summed E-state index contributed by atoms with van der Waals surface area (Å²) in [5.74, 6) is -1.52. The Labute approximate surface area is 123 Å². The Morgan fingerprint density at radius 1 is 1.43 bits per heavy atom. The van der Waals surface area contributed by atoms with Crippen molar-refractivity contribution in [2.24, 2.45) is 0 Å². The highest BCUT2D eigenvalue weighted by Gasteiger charge is 2.21. The Kier molecular flexibility index (Phi) is 6.30. The largest absolute Gasteiger partial charge is 0.480 e. The van der Waals surface area contributed by atoms with Crippen molar-refractivity contribution >= 4 is 11.9 Å². The van der Waals surface area contributed by atoms with Gasteiger partial charge in [-0.05, 0) is 19.9 Å². The minimum absolute atomic E-state index is 0.181. The average molecular weight is 296 g/mol. The van der Waals surface area contributed by atoms with Crippen LogP contribution in [0, 0.1) is 12.7 Å². The van der Waals surface area contributed by atoms with Gasteiger partial charge in [-0.3, -0.25) is 14.5 Å². The van der Waals surface area contributed by atoms with Crippen molar-refractivity contribution in [1.29, 1.82) is 0 Å². The van der Waals surface area contributed by atoms with E-state index in [1.54, 1.807) is 24.0 Å². The SMILES string of the molecule is CC(=O)NCCN(Cc1cc(C)ccc1F)C(C)C(=O)O. The maximum atomic E-state index is 13.8. The molecule has 0 aliphatic heterocycles. The van der Waals surface area contributed by atoms with E-state index in [2.05, 4.69) is 5.32 Å².